The van der Waals surface area contributed by atoms with Crippen LogP contribution in [0.4, 0.5) is 24.7 Å². The SMILES string of the molecule is O=C(Nc1ccc(-c2ccsc2)cn1)c1cccc(NC(=O)c2ccccc2C(F)(F)F)c1. The number of pyridine rings is 1. The number of carbonyl (C=O) groups excluding carboxylic acids is 2. The van der Waals surface area contributed by atoms with E-state index in [9.17, 15) is 22.8 Å². The van der Waals surface area contributed by atoms with E-state index in [2.05, 4.69) is 15.6 Å². The molecule has 33 heavy (non-hydrogen) atoms. The summed E-state index contributed by atoms with van der Waals surface area (Å²) in [4.78, 5) is 29.3. The van der Waals surface area contributed by atoms with Gasteiger partial charge in [-0.1, -0.05) is 18.2 Å². The molecule has 0 atom stereocenters. The van der Waals surface area contributed by atoms with Gasteiger partial charge in [-0.05, 0) is 64.9 Å². The van der Waals surface area contributed by atoms with Gasteiger partial charge in [-0.15, -0.1) is 0 Å². The summed E-state index contributed by atoms with van der Waals surface area (Å²) in [7, 11) is 0. The van der Waals surface area contributed by atoms with E-state index in [0.29, 0.717) is 5.82 Å². The number of hydrogen-bond donors (Lipinski definition) is 2. The molecular formula is C24H16F3N3O2S. The molecule has 2 aromatic heterocycles. The van der Waals surface area contributed by atoms with Gasteiger partial charge in [-0.2, -0.15) is 24.5 Å². The van der Waals surface area contributed by atoms with E-state index < -0.39 is 29.1 Å². The van der Waals surface area contributed by atoms with Crippen molar-refractivity contribution in [3.05, 3.63) is 100 Å². The van der Waals surface area contributed by atoms with Gasteiger partial charge in [0.05, 0.1) is 11.1 Å². The van der Waals surface area contributed by atoms with E-state index in [0.717, 1.165) is 23.3 Å². The largest absolute Gasteiger partial charge is 0.417 e. The molecule has 5 nitrogen and oxygen atoms in total. The number of nitrogens with zero attached hydrogens (tertiary/aromatic N) is 1. The molecular weight excluding hydrogens is 451 g/mol. The predicted octanol–water partition coefficient (Wildman–Crippen LogP) is 6.33. The molecule has 0 radical (unpaired) electrons. The van der Waals surface area contributed by atoms with Crippen LogP contribution in [0.15, 0.2) is 83.7 Å². The fraction of sp³-hybridized carbons (Fsp3) is 0.0417. The monoisotopic (exact) mass is 467 g/mol. The Labute approximate surface area is 190 Å². The first kappa shape index (κ1) is 22.2. The summed E-state index contributed by atoms with van der Waals surface area (Å²) < 4.78 is 39.6. The highest BCUT2D eigenvalue weighted by molar-refractivity contribution is 7.08. The van der Waals surface area contributed by atoms with Gasteiger partial charge in [-0.3, -0.25) is 9.59 Å². The van der Waals surface area contributed by atoms with Crippen LogP contribution in [0.2, 0.25) is 0 Å². The Hall–Kier alpha value is -3.98. The summed E-state index contributed by atoms with van der Waals surface area (Å²) in [5.41, 5.74) is 0.799. The normalized spacial score (nSPS) is 11.1. The molecule has 0 spiro atoms. The number of halogens is 3. The third-order valence-electron chi connectivity index (χ3n) is 4.72. The summed E-state index contributed by atoms with van der Waals surface area (Å²) in [5.74, 6) is -1.06. The van der Waals surface area contributed by atoms with Gasteiger partial charge in [0, 0.05) is 23.0 Å². The first-order chi connectivity index (χ1) is 15.8. The third-order valence-corrected chi connectivity index (χ3v) is 5.40. The zero-order chi connectivity index (χ0) is 23.4. The van der Waals surface area contributed by atoms with Crippen molar-refractivity contribution in [2.45, 2.75) is 6.18 Å². The highest BCUT2D eigenvalue weighted by atomic mass is 32.1. The number of aromatic nitrogens is 1. The highest BCUT2D eigenvalue weighted by Gasteiger charge is 2.34. The number of alkyl halides is 3. The zero-order valence-electron chi connectivity index (χ0n) is 16.9. The molecule has 0 bridgehead atoms. The lowest BCUT2D eigenvalue weighted by molar-refractivity contribution is -0.137. The summed E-state index contributed by atoms with van der Waals surface area (Å²) in [5, 5.41) is 9.03. The van der Waals surface area contributed by atoms with Crippen molar-refractivity contribution in [3.8, 4) is 11.1 Å². The molecule has 0 unspecified atom stereocenters. The fourth-order valence-electron chi connectivity index (χ4n) is 3.12. The van der Waals surface area contributed by atoms with Gasteiger partial charge < -0.3 is 10.6 Å². The minimum absolute atomic E-state index is 0.186. The van der Waals surface area contributed by atoms with Crippen molar-refractivity contribution in [2.75, 3.05) is 10.6 Å². The second kappa shape index (κ2) is 9.25. The van der Waals surface area contributed by atoms with E-state index in [1.807, 2.05) is 22.9 Å². The van der Waals surface area contributed by atoms with Crippen molar-refractivity contribution < 1.29 is 22.8 Å². The third kappa shape index (κ3) is 5.27. The van der Waals surface area contributed by atoms with Gasteiger partial charge in [0.1, 0.15) is 5.82 Å². The summed E-state index contributed by atoms with van der Waals surface area (Å²) in [6.45, 7) is 0. The molecule has 4 aromatic rings. The van der Waals surface area contributed by atoms with Gasteiger partial charge in [0.2, 0.25) is 0 Å². The maximum atomic E-state index is 13.2. The van der Waals surface area contributed by atoms with Crippen LogP contribution >= 0.6 is 11.3 Å². The molecule has 0 aliphatic heterocycles. The van der Waals surface area contributed by atoms with Crippen LogP contribution in [-0.4, -0.2) is 16.8 Å². The molecule has 2 N–H and O–H groups in total. The summed E-state index contributed by atoms with van der Waals surface area (Å²) in [6, 6.07) is 15.9. The molecule has 2 amide bonds. The molecule has 4 rings (SSSR count). The van der Waals surface area contributed by atoms with Crippen molar-refractivity contribution in [3.63, 3.8) is 0 Å². The minimum atomic E-state index is -4.67. The van der Waals surface area contributed by atoms with Crippen LogP contribution < -0.4 is 10.6 Å². The summed E-state index contributed by atoms with van der Waals surface area (Å²) >= 11 is 1.57. The van der Waals surface area contributed by atoms with Crippen molar-refractivity contribution in [1.29, 1.82) is 0 Å². The maximum absolute atomic E-state index is 13.2. The minimum Gasteiger partial charge on any atom is -0.322 e. The fourth-order valence-corrected chi connectivity index (χ4v) is 3.79. The molecule has 2 heterocycles. The number of benzene rings is 2. The number of hydrogen-bond acceptors (Lipinski definition) is 4. The van der Waals surface area contributed by atoms with Crippen molar-refractivity contribution in [1.82, 2.24) is 4.98 Å². The van der Waals surface area contributed by atoms with Crippen LogP contribution in [0.25, 0.3) is 11.1 Å². The van der Waals surface area contributed by atoms with Gasteiger partial charge in [0.15, 0.2) is 0 Å². The van der Waals surface area contributed by atoms with E-state index in [1.165, 1.54) is 36.4 Å². The Balaban J connectivity index is 1.47. The van der Waals surface area contributed by atoms with Crippen LogP contribution in [0.1, 0.15) is 26.3 Å². The van der Waals surface area contributed by atoms with Gasteiger partial charge in [0.25, 0.3) is 11.8 Å². The quantitative estimate of drug-likeness (QED) is 0.360. The molecule has 9 heteroatoms. The number of amides is 2. The second-order valence-electron chi connectivity index (χ2n) is 6.98. The van der Waals surface area contributed by atoms with E-state index in [4.69, 9.17) is 0 Å². The first-order valence-corrected chi connectivity index (χ1v) is 10.6. The van der Waals surface area contributed by atoms with Crippen LogP contribution in [-0.2, 0) is 6.18 Å². The maximum Gasteiger partial charge on any atom is 0.417 e. The number of carbonyl (C=O) groups is 2. The van der Waals surface area contributed by atoms with Crippen molar-refractivity contribution in [2.24, 2.45) is 0 Å². The van der Waals surface area contributed by atoms with E-state index >= 15 is 0 Å². The van der Waals surface area contributed by atoms with Crippen molar-refractivity contribution >= 4 is 34.7 Å². The lowest BCUT2D eigenvalue weighted by atomic mass is 10.1. The lowest BCUT2D eigenvalue weighted by Gasteiger charge is -2.13. The topological polar surface area (TPSA) is 71.1 Å². The second-order valence-corrected chi connectivity index (χ2v) is 7.76. The Morgan fingerprint density at radius 3 is 2.36 bits per heavy atom. The predicted molar refractivity (Wildman–Crippen MR) is 121 cm³/mol. The average Bonchev–Trinajstić information content (AvgIpc) is 3.34. The number of anilines is 2. The highest BCUT2D eigenvalue weighted by Crippen LogP contribution is 2.32. The number of nitrogens with one attached hydrogen (secondary N) is 2. The standard InChI is InChI=1S/C24H16F3N3O2S/c25-24(26,27)20-7-2-1-6-19(20)23(32)29-18-5-3-4-15(12-18)22(31)30-21-9-8-16(13-28-21)17-10-11-33-14-17/h1-14H,(H,29,32)(H,28,30,31). The van der Waals surface area contributed by atoms with Crippen LogP contribution in [0.5, 0.6) is 0 Å². The lowest BCUT2D eigenvalue weighted by Crippen LogP contribution is -2.19. The van der Waals surface area contributed by atoms with Gasteiger partial charge >= 0.3 is 6.18 Å². The molecule has 0 aliphatic rings. The molecule has 0 saturated heterocycles. The van der Waals surface area contributed by atoms with Gasteiger partial charge in [-0.25, -0.2) is 4.98 Å². The van der Waals surface area contributed by atoms with E-state index in [-0.39, 0.29) is 11.3 Å². The molecule has 0 saturated carbocycles. The smallest absolute Gasteiger partial charge is 0.322 e. The molecule has 0 fully saturated rings. The van der Waals surface area contributed by atoms with Crippen LogP contribution in [0, 0.1) is 0 Å². The number of thiophene rings is 1. The number of rotatable bonds is 5. The first-order valence-electron chi connectivity index (χ1n) is 9.69. The summed E-state index contributed by atoms with van der Waals surface area (Å²) in [6.07, 6.45) is -3.02. The Morgan fingerprint density at radius 2 is 1.67 bits per heavy atom. The molecule has 2 aromatic carbocycles. The molecule has 166 valence electrons. The Morgan fingerprint density at radius 1 is 0.848 bits per heavy atom. The average molecular weight is 467 g/mol. The van der Waals surface area contributed by atoms with Crippen LogP contribution in [0.3, 0.4) is 0 Å². The zero-order valence-corrected chi connectivity index (χ0v) is 17.7. The Bertz CT molecular complexity index is 1290. The Kier molecular flexibility index (Phi) is 6.23. The van der Waals surface area contributed by atoms with E-state index in [1.54, 1.807) is 23.6 Å². The molecule has 0 aliphatic carbocycles.